The highest BCUT2D eigenvalue weighted by molar-refractivity contribution is 6.30. The van der Waals surface area contributed by atoms with Gasteiger partial charge in [0.25, 0.3) is 5.91 Å². The number of amides is 2. The highest BCUT2D eigenvalue weighted by Crippen LogP contribution is 2.22. The molecule has 2 amide bonds. The van der Waals surface area contributed by atoms with Gasteiger partial charge in [-0.05, 0) is 42.5 Å². The van der Waals surface area contributed by atoms with Crippen LogP contribution in [-0.4, -0.2) is 23.8 Å². The third-order valence-corrected chi connectivity index (χ3v) is 4.14. The first-order chi connectivity index (χ1) is 13.0. The van der Waals surface area contributed by atoms with E-state index in [9.17, 15) is 9.59 Å². The van der Waals surface area contributed by atoms with Gasteiger partial charge in [0.1, 0.15) is 0 Å². The Bertz CT molecular complexity index is 951. The van der Waals surface area contributed by atoms with Crippen molar-refractivity contribution < 1.29 is 14.0 Å². The quantitative estimate of drug-likeness (QED) is 0.675. The van der Waals surface area contributed by atoms with Gasteiger partial charge in [-0.15, -0.1) is 0 Å². The molecular weight excluding hydrogens is 366 g/mol. The maximum absolute atomic E-state index is 12.2. The molecule has 0 radical (unpaired) electrons. The van der Waals surface area contributed by atoms with Crippen molar-refractivity contribution in [3.05, 3.63) is 71.2 Å². The van der Waals surface area contributed by atoms with Crippen LogP contribution in [0, 0.1) is 0 Å². The standard InChI is InChI=1S/C20H18ClN3O3/c1-22-20(26)14-3-2-4-16(11-14)24-18(25)9-10-19-23-12-17(27-19)13-5-7-15(21)8-6-13/h2-8,11-12H,9-10H2,1H3,(H,22,26)(H,24,25). The lowest BCUT2D eigenvalue weighted by atomic mass is 10.2. The van der Waals surface area contributed by atoms with Crippen molar-refractivity contribution >= 4 is 29.1 Å². The maximum atomic E-state index is 12.2. The number of nitrogens with zero attached hydrogens (tertiary/aromatic N) is 1. The zero-order valence-corrected chi connectivity index (χ0v) is 15.4. The van der Waals surface area contributed by atoms with Crippen LogP contribution in [0.15, 0.2) is 59.1 Å². The molecular formula is C20H18ClN3O3. The number of carbonyl (C=O) groups excluding carboxylic acids is 2. The van der Waals surface area contributed by atoms with E-state index in [4.69, 9.17) is 16.0 Å². The number of aryl methyl sites for hydroxylation is 1. The van der Waals surface area contributed by atoms with Crippen LogP contribution in [0.3, 0.4) is 0 Å². The lowest BCUT2D eigenvalue weighted by Crippen LogP contribution is -2.18. The van der Waals surface area contributed by atoms with Gasteiger partial charge >= 0.3 is 0 Å². The van der Waals surface area contributed by atoms with Gasteiger partial charge in [0.05, 0.1) is 6.20 Å². The number of aromatic nitrogens is 1. The predicted molar refractivity (Wildman–Crippen MR) is 104 cm³/mol. The molecule has 1 heterocycles. The number of halogens is 1. The van der Waals surface area contributed by atoms with E-state index in [2.05, 4.69) is 15.6 Å². The summed E-state index contributed by atoms with van der Waals surface area (Å²) in [5.74, 6) is 0.713. The van der Waals surface area contributed by atoms with Crippen molar-refractivity contribution in [3.63, 3.8) is 0 Å². The molecule has 0 aliphatic carbocycles. The number of carbonyl (C=O) groups is 2. The normalized spacial score (nSPS) is 10.4. The Kier molecular flexibility index (Phi) is 5.88. The van der Waals surface area contributed by atoms with Crippen LogP contribution in [-0.2, 0) is 11.2 Å². The van der Waals surface area contributed by atoms with Crippen LogP contribution in [0.2, 0.25) is 5.02 Å². The van der Waals surface area contributed by atoms with Crippen LogP contribution in [0.5, 0.6) is 0 Å². The Morgan fingerprint density at radius 1 is 1.15 bits per heavy atom. The first kappa shape index (κ1) is 18.7. The van der Waals surface area contributed by atoms with Crippen LogP contribution in [0.1, 0.15) is 22.7 Å². The molecule has 0 bridgehead atoms. The Hall–Kier alpha value is -3.12. The molecule has 6 nitrogen and oxygen atoms in total. The summed E-state index contributed by atoms with van der Waals surface area (Å²) in [4.78, 5) is 28.0. The Balaban J connectivity index is 1.57. The number of nitrogens with one attached hydrogen (secondary N) is 2. The Labute approximate surface area is 161 Å². The molecule has 0 saturated heterocycles. The molecule has 2 aromatic carbocycles. The van der Waals surface area contributed by atoms with Gasteiger partial charge in [-0.1, -0.05) is 17.7 Å². The van der Waals surface area contributed by atoms with Gasteiger partial charge in [-0.25, -0.2) is 4.98 Å². The molecule has 2 N–H and O–H groups in total. The first-order valence-electron chi connectivity index (χ1n) is 8.38. The van der Waals surface area contributed by atoms with Gasteiger partial charge in [0.2, 0.25) is 5.91 Å². The summed E-state index contributed by atoms with van der Waals surface area (Å²) in [5, 5.41) is 5.97. The van der Waals surface area contributed by atoms with Crippen LogP contribution in [0.4, 0.5) is 5.69 Å². The van der Waals surface area contributed by atoms with Crippen molar-refractivity contribution in [2.24, 2.45) is 0 Å². The lowest BCUT2D eigenvalue weighted by Gasteiger charge is -2.06. The van der Waals surface area contributed by atoms with Crippen molar-refractivity contribution in [2.75, 3.05) is 12.4 Å². The second-order valence-electron chi connectivity index (χ2n) is 5.83. The SMILES string of the molecule is CNC(=O)c1cccc(NC(=O)CCc2ncc(-c3ccc(Cl)cc3)o2)c1. The lowest BCUT2D eigenvalue weighted by molar-refractivity contribution is -0.116. The van der Waals surface area contributed by atoms with Crippen LogP contribution >= 0.6 is 11.6 Å². The van der Waals surface area contributed by atoms with Gasteiger partial charge in [0.15, 0.2) is 11.7 Å². The molecule has 0 spiro atoms. The van der Waals surface area contributed by atoms with Gasteiger partial charge < -0.3 is 15.1 Å². The number of hydrogen-bond acceptors (Lipinski definition) is 4. The highest BCUT2D eigenvalue weighted by atomic mass is 35.5. The zero-order chi connectivity index (χ0) is 19.2. The molecule has 27 heavy (non-hydrogen) atoms. The fourth-order valence-electron chi connectivity index (χ4n) is 2.50. The molecule has 0 aliphatic rings. The fourth-order valence-corrected chi connectivity index (χ4v) is 2.63. The summed E-state index contributed by atoms with van der Waals surface area (Å²) in [6.45, 7) is 0. The summed E-state index contributed by atoms with van der Waals surface area (Å²) in [5.41, 5.74) is 1.92. The summed E-state index contributed by atoms with van der Waals surface area (Å²) in [6.07, 6.45) is 2.21. The van der Waals surface area contributed by atoms with Crippen molar-refractivity contribution in [3.8, 4) is 11.3 Å². The molecule has 0 atom stereocenters. The molecule has 0 unspecified atom stereocenters. The monoisotopic (exact) mass is 383 g/mol. The minimum Gasteiger partial charge on any atom is -0.441 e. The number of rotatable bonds is 6. The van der Waals surface area contributed by atoms with Crippen molar-refractivity contribution in [2.45, 2.75) is 12.8 Å². The minimum absolute atomic E-state index is 0.185. The Morgan fingerprint density at radius 2 is 1.93 bits per heavy atom. The van der Waals surface area contributed by atoms with Gasteiger partial charge in [-0.3, -0.25) is 9.59 Å². The average molecular weight is 384 g/mol. The Morgan fingerprint density at radius 3 is 2.67 bits per heavy atom. The number of anilines is 1. The molecule has 1 aromatic heterocycles. The summed E-state index contributed by atoms with van der Waals surface area (Å²) in [6, 6.07) is 14.0. The summed E-state index contributed by atoms with van der Waals surface area (Å²) < 4.78 is 5.69. The van der Waals surface area contributed by atoms with E-state index in [1.165, 1.54) is 0 Å². The maximum Gasteiger partial charge on any atom is 0.251 e. The van der Waals surface area contributed by atoms with E-state index in [-0.39, 0.29) is 18.2 Å². The topological polar surface area (TPSA) is 84.2 Å². The third-order valence-electron chi connectivity index (χ3n) is 3.88. The van der Waals surface area contributed by atoms with Gasteiger partial charge in [0, 0.05) is 41.7 Å². The minimum atomic E-state index is -0.208. The number of benzene rings is 2. The molecule has 0 saturated carbocycles. The molecule has 0 fully saturated rings. The third kappa shape index (κ3) is 4.95. The predicted octanol–water partition coefficient (Wildman–Crippen LogP) is 3.93. The number of oxazole rings is 1. The second-order valence-corrected chi connectivity index (χ2v) is 6.27. The van der Waals surface area contributed by atoms with E-state index < -0.39 is 0 Å². The highest BCUT2D eigenvalue weighted by Gasteiger charge is 2.10. The summed E-state index contributed by atoms with van der Waals surface area (Å²) >= 11 is 5.88. The smallest absolute Gasteiger partial charge is 0.251 e. The van der Waals surface area contributed by atoms with E-state index in [0.29, 0.717) is 34.3 Å². The van der Waals surface area contributed by atoms with E-state index in [1.807, 2.05) is 12.1 Å². The molecule has 138 valence electrons. The number of hydrogen-bond donors (Lipinski definition) is 2. The van der Waals surface area contributed by atoms with Crippen molar-refractivity contribution in [1.82, 2.24) is 10.3 Å². The zero-order valence-electron chi connectivity index (χ0n) is 14.7. The average Bonchev–Trinajstić information content (AvgIpc) is 3.15. The fraction of sp³-hybridized carbons (Fsp3) is 0.150. The molecule has 3 aromatic rings. The first-order valence-corrected chi connectivity index (χ1v) is 8.75. The van der Waals surface area contributed by atoms with Crippen molar-refractivity contribution in [1.29, 1.82) is 0 Å². The van der Waals surface area contributed by atoms with E-state index >= 15 is 0 Å². The molecule has 0 aliphatic heterocycles. The molecule has 7 heteroatoms. The van der Waals surface area contributed by atoms with E-state index in [0.717, 1.165) is 5.56 Å². The molecule has 3 rings (SSSR count). The van der Waals surface area contributed by atoms with Gasteiger partial charge in [-0.2, -0.15) is 0 Å². The van der Waals surface area contributed by atoms with Crippen LogP contribution < -0.4 is 10.6 Å². The summed E-state index contributed by atoms with van der Waals surface area (Å²) in [7, 11) is 1.56. The second kappa shape index (κ2) is 8.51. The van der Waals surface area contributed by atoms with E-state index in [1.54, 1.807) is 49.6 Å². The largest absolute Gasteiger partial charge is 0.441 e. The van der Waals surface area contributed by atoms with Crippen LogP contribution in [0.25, 0.3) is 11.3 Å².